The molecular formula is C9H17N3O. The number of aryl methyl sites for hydroxylation is 1. The highest BCUT2D eigenvalue weighted by Gasteiger charge is 1.97. The molecule has 13 heavy (non-hydrogen) atoms. The van der Waals surface area contributed by atoms with Crippen LogP contribution in [0, 0.1) is 0 Å². The fourth-order valence-electron chi connectivity index (χ4n) is 1.28. The van der Waals surface area contributed by atoms with E-state index in [-0.39, 0.29) is 5.56 Å². The molecule has 0 fully saturated rings. The first-order chi connectivity index (χ1) is 6.24. The molecule has 0 aliphatic rings. The lowest BCUT2D eigenvalue weighted by Gasteiger charge is -2.00. The topological polar surface area (TPSA) is 63.8 Å². The summed E-state index contributed by atoms with van der Waals surface area (Å²) in [6.07, 6.45) is 6.44. The standard InChI is InChI=1S/C9H17N3O/c1-2-3-4-5-6-12-7-8(10)9(13)11-12/h7H,2-6,10H2,1H3,(H,11,13). The summed E-state index contributed by atoms with van der Waals surface area (Å²) in [4.78, 5) is 10.9. The van der Waals surface area contributed by atoms with Gasteiger partial charge in [-0.05, 0) is 6.42 Å². The number of nitrogens with one attached hydrogen (secondary N) is 1. The predicted molar refractivity (Wildman–Crippen MR) is 53.6 cm³/mol. The van der Waals surface area contributed by atoms with Crippen LogP contribution in [0.25, 0.3) is 0 Å². The Morgan fingerprint density at radius 2 is 2.23 bits per heavy atom. The summed E-state index contributed by atoms with van der Waals surface area (Å²) in [5.41, 5.74) is 5.52. The van der Waals surface area contributed by atoms with Crippen LogP contribution in [-0.2, 0) is 6.54 Å². The molecule has 0 aromatic carbocycles. The van der Waals surface area contributed by atoms with Crippen molar-refractivity contribution in [3.8, 4) is 0 Å². The number of unbranched alkanes of at least 4 members (excludes halogenated alkanes) is 3. The number of aromatic amines is 1. The third-order valence-electron chi connectivity index (χ3n) is 2.05. The molecule has 0 spiro atoms. The lowest BCUT2D eigenvalue weighted by Crippen LogP contribution is -2.07. The molecule has 74 valence electrons. The second-order valence-electron chi connectivity index (χ2n) is 3.28. The Kier molecular flexibility index (Phi) is 3.61. The van der Waals surface area contributed by atoms with Crippen molar-refractivity contribution in [2.75, 3.05) is 5.73 Å². The van der Waals surface area contributed by atoms with Crippen LogP contribution in [0.1, 0.15) is 32.6 Å². The minimum absolute atomic E-state index is 0.185. The van der Waals surface area contributed by atoms with Crippen molar-refractivity contribution in [3.63, 3.8) is 0 Å². The van der Waals surface area contributed by atoms with Crippen molar-refractivity contribution in [3.05, 3.63) is 16.6 Å². The molecule has 0 aliphatic heterocycles. The number of anilines is 1. The maximum atomic E-state index is 10.9. The zero-order valence-electron chi connectivity index (χ0n) is 8.05. The normalized spacial score (nSPS) is 10.5. The van der Waals surface area contributed by atoms with Crippen LogP contribution < -0.4 is 11.3 Å². The average Bonchev–Trinajstić information content (AvgIpc) is 2.41. The van der Waals surface area contributed by atoms with Gasteiger partial charge in [-0.25, -0.2) is 0 Å². The largest absolute Gasteiger partial charge is 0.393 e. The van der Waals surface area contributed by atoms with Gasteiger partial charge in [-0.1, -0.05) is 26.2 Å². The SMILES string of the molecule is CCCCCCn1cc(N)c(=O)[nH]1. The molecule has 1 heterocycles. The molecule has 0 saturated carbocycles. The van der Waals surface area contributed by atoms with E-state index < -0.39 is 0 Å². The van der Waals surface area contributed by atoms with Crippen molar-refractivity contribution < 1.29 is 0 Å². The van der Waals surface area contributed by atoms with Gasteiger partial charge in [-0.2, -0.15) is 0 Å². The van der Waals surface area contributed by atoms with E-state index in [1.54, 1.807) is 10.9 Å². The van der Waals surface area contributed by atoms with Crippen molar-refractivity contribution in [1.29, 1.82) is 0 Å². The summed E-state index contributed by atoms with van der Waals surface area (Å²) >= 11 is 0. The summed E-state index contributed by atoms with van der Waals surface area (Å²) in [6, 6.07) is 0. The van der Waals surface area contributed by atoms with Crippen molar-refractivity contribution in [2.45, 2.75) is 39.2 Å². The van der Waals surface area contributed by atoms with Gasteiger partial charge in [0.2, 0.25) is 0 Å². The number of hydrogen-bond donors (Lipinski definition) is 2. The zero-order chi connectivity index (χ0) is 9.68. The van der Waals surface area contributed by atoms with E-state index >= 15 is 0 Å². The number of nitrogens with two attached hydrogens (primary N) is 1. The third kappa shape index (κ3) is 2.97. The van der Waals surface area contributed by atoms with Crippen LogP contribution in [0.15, 0.2) is 11.0 Å². The molecule has 0 saturated heterocycles. The fraction of sp³-hybridized carbons (Fsp3) is 0.667. The lowest BCUT2D eigenvalue weighted by atomic mass is 10.2. The molecule has 1 aromatic heterocycles. The minimum atomic E-state index is -0.185. The van der Waals surface area contributed by atoms with Crippen molar-refractivity contribution >= 4 is 5.69 Å². The molecule has 0 aliphatic carbocycles. The number of rotatable bonds is 5. The number of nitrogens with zero attached hydrogens (tertiary/aromatic N) is 1. The Morgan fingerprint density at radius 3 is 2.77 bits per heavy atom. The van der Waals surface area contributed by atoms with E-state index in [2.05, 4.69) is 12.0 Å². The summed E-state index contributed by atoms with van der Waals surface area (Å²) in [6.45, 7) is 3.03. The van der Waals surface area contributed by atoms with Gasteiger partial charge in [0.15, 0.2) is 0 Å². The molecule has 1 rings (SSSR count). The highest BCUT2D eigenvalue weighted by molar-refractivity contribution is 5.30. The highest BCUT2D eigenvalue weighted by atomic mass is 16.1. The van der Waals surface area contributed by atoms with Crippen LogP contribution in [0.4, 0.5) is 5.69 Å². The van der Waals surface area contributed by atoms with Gasteiger partial charge in [-0.3, -0.25) is 14.6 Å². The molecular weight excluding hydrogens is 166 g/mol. The second-order valence-corrected chi connectivity index (χ2v) is 3.28. The summed E-state index contributed by atoms with van der Waals surface area (Å²) < 4.78 is 1.76. The Hall–Kier alpha value is -1.19. The zero-order valence-corrected chi connectivity index (χ0v) is 8.05. The van der Waals surface area contributed by atoms with E-state index in [0.29, 0.717) is 5.69 Å². The molecule has 0 radical (unpaired) electrons. The van der Waals surface area contributed by atoms with Crippen LogP contribution in [0.3, 0.4) is 0 Å². The predicted octanol–water partition coefficient (Wildman–Crippen LogP) is 1.34. The first-order valence-electron chi connectivity index (χ1n) is 4.79. The van der Waals surface area contributed by atoms with E-state index in [1.165, 1.54) is 19.3 Å². The van der Waals surface area contributed by atoms with E-state index in [9.17, 15) is 4.79 Å². The van der Waals surface area contributed by atoms with Crippen LogP contribution in [0.2, 0.25) is 0 Å². The molecule has 0 bridgehead atoms. The van der Waals surface area contributed by atoms with Gasteiger partial charge >= 0.3 is 0 Å². The van der Waals surface area contributed by atoms with Gasteiger partial charge in [0.05, 0.1) is 0 Å². The molecule has 0 unspecified atom stereocenters. The smallest absolute Gasteiger partial charge is 0.287 e. The lowest BCUT2D eigenvalue weighted by molar-refractivity contribution is 0.538. The first-order valence-corrected chi connectivity index (χ1v) is 4.79. The maximum absolute atomic E-state index is 10.9. The average molecular weight is 183 g/mol. The molecule has 0 amide bonds. The van der Waals surface area contributed by atoms with Crippen LogP contribution in [-0.4, -0.2) is 9.78 Å². The number of H-pyrrole nitrogens is 1. The molecule has 3 N–H and O–H groups in total. The Balaban J connectivity index is 2.33. The molecule has 4 heteroatoms. The monoisotopic (exact) mass is 183 g/mol. The number of aromatic nitrogens is 2. The Morgan fingerprint density at radius 1 is 1.46 bits per heavy atom. The van der Waals surface area contributed by atoms with Crippen LogP contribution >= 0.6 is 0 Å². The van der Waals surface area contributed by atoms with Gasteiger partial charge in [0, 0.05) is 12.7 Å². The highest BCUT2D eigenvalue weighted by Crippen LogP contribution is 2.01. The Labute approximate surface area is 77.7 Å². The van der Waals surface area contributed by atoms with E-state index in [4.69, 9.17) is 5.73 Å². The molecule has 0 atom stereocenters. The third-order valence-corrected chi connectivity index (χ3v) is 2.05. The first kappa shape index (κ1) is 9.89. The van der Waals surface area contributed by atoms with E-state index in [0.717, 1.165) is 13.0 Å². The van der Waals surface area contributed by atoms with Gasteiger partial charge in [0.25, 0.3) is 5.56 Å². The fourth-order valence-corrected chi connectivity index (χ4v) is 1.28. The minimum Gasteiger partial charge on any atom is -0.393 e. The summed E-state index contributed by atoms with van der Waals surface area (Å²) in [7, 11) is 0. The van der Waals surface area contributed by atoms with Gasteiger partial charge in [-0.15, -0.1) is 0 Å². The quantitative estimate of drug-likeness (QED) is 0.676. The molecule has 4 nitrogen and oxygen atoms in total. The Bertz CT molecular complexity index is 300. The van der Waals surface area contributed by atoms with Gasteiger partial charge < -0.3 is 5.73 Å². The summed E-state index contributed by atoms with van der Waals surface area (Å²) in [5.74, 6) is 0. The second kappa shape index (κ2) is 4.74. The summed E-state index contributed by atoms with van der Waals surface area (Å²) in [5, 5.41) is 2.66. The maximum Gasteiger partial charge on any atom is 0.287 e. The van der Waals surface area contributed by atoms with Crippen LogP contribution in [0.5, 0.6) is 0 Å². The molecule has 1 aromatic rings. The number of hydrogen-bond acceptors (Lipinski definition) is 2. The number of nitrogen functional groups attached to an aromatic ring is 1. The van der Waals surface area contributed by atoms with E-state index in [1.807, 2.05) is 0 Å². The van der Waals surface area contributed by atoms with Gasteiger partial charge in [0.1, 0.15) is 5.69 Å². The van der Waals surface area contributed by atoms with Crippen molar-refractivity contribution in [1.82, 2.24) is 9.78 Å². The van der Waals surface area contributed by atoms with Crippen molar-refractivity contribution in [2.24, 2.45) is 0 Å².